The number of rotatable bonds is 11. The Morgan fingerprint density at radius 3 is 2.59 bits per heavy atom. The van der Waals surface area contributed by atoms with Crippen LogP contribution in [0.25, 0.3) is 0 Å². The standard InChI is InChI=1S/C14H29NO2/c1-3-14(12-16,15-4-2)9-5-10-17-11-8-13-6-7-13/h13,15-16H,3-12H2,1-2H3. The van der Waals surface area contributed by atoms with E-state index in [9.17, 15) is 5.11 Å². The Kier molecular flexibility index (Phi) is 7.09. The Balaban J connectivity index is 2.04. The summed E-state index contributed by atoms with van der Waals surface area (Å²) in [5.41, 5.74) is -0.0887. The predicted octanol–water partition coefficient (Wildman–Crippen LogP) is 2.33. The van der Waals surface area contributed by atoms with E-state index in [1.807, 2.05) is 0 Å². The fourth-order valence-electron chi connectivity index (χ4n) is 2.28. The molecule has 1 saturated carbocycles. The number of hydrogen-bond acceptors (Lipinski definition) is 3. The molecule has 0 radical (unpaired) electrons. The average Bonchev–Trinajstić information content (AvgIpc) is 3.16. The van der Waals surface area contributed by atoms with Crippen LogP contribution in [-0.2, 0) is 4.74 Å². The van der Waals surface area contributed by atoms with Crippen LogP contribution in [0.15, 0.2) is 0 Å². The second-order valence-electron chi connectivity index (χ2n) is 5.27. The van der Waals surface area contributed by atoms with Crippen molar-refractivity contribution >= 4 is 0 Å². The van der Waals surface area contributed by atoms with Crippen molar-refractivity contribution in [2.45, 2.75) is 57.9 Å². The molecule has 1 unspecified atom stereocenters. The van der Waals surface area contributed by atoms with Crippen LogP contribution in [0.3, 0.4) is 0 Å². The minimum Gasteiger partial charge on any atom is -0.394 e. The van der Waals surface area contributed by atoms with Crippen LogP contribution in [0.1, 0.15) is 52.4 Å². The van der Waals surface area contributed by atoms with E-state index >= 15 is 0 Å². The van der Waals surface area contributed by atoms with Gasteiger partial charge in [0.1, 0.15) is 0 Å². The van der Waals surface area contributed by atoms with Gasteiger partial charge < -0.3 is 15.2 Å². The third-order valence-corrected chi connectivity index (χ3v) is 3.84. The Labute approximate surface area is 106 Å². The maximum atomic E-state index is 9.49. The van der Waals surface area contributed by atoms with E-state index in [0.717, 1.165) is 44.9 Å². The van der Waals surface area contributed by atoms with Gasteiger partial charge in [0, 0.05) is 18.8 Å². The molecule has 0 spiro atoms. The first kappa shape index (κ1) is 14.9. The second kappa shape index (κ2) is 8.06. The van der Waals surface area contributed by atoms with E-state index in [1.54, 1.807) is 0 Å². The van der Waals surface area contributed by atoms with Gasteiger partial charge in [-0.25, -0.2) is 0 Å². The number of aliphatic hydroxyl groups is 1. The van der Waals surface area contributed by atoms with Gasteiger partial charge in [0.2, 0.25) is 0 Å². The molecule has 0 amide bonds. The van der Waals surface area contributed by atoms with Crippen LogP contribution < -0.4 is 5.32 Å². The highest BCUT2D eigenvalue weighted by Gasteiger charge is 2.25. The Bertz CT molecular complexity index is 189. The largest absolute Gasteiger partial charge is 0.394 e. The predicted molar refractivity (Wildman–Crippen MR) is 71.2 cm³/mol. The molecule has 2 N–H and O–H groups in total. The molecular weight excluding hydrogens is 214 g/mol. The van der Waals surface area contributed by atoms with Gasteiger partial charge in [-0.2, -0.15) is 0 Å². The van der Waals surface area contributed by atoms with E-state index in [2.05, 4.69) is 19.2 Å². The van der Waals surface area contributed by atoms with Gasteiger partial charge in [-0.15, -0.1) is 0 Å². The van der Waals surface area contributed by atoms with Crippen molar-refractivity contribution in [3.05, 3.63) is 0 Å². The molecular formula is C14H29NO2. The molecule has 0 aromatic rings. The first-order chi connectivity index (χ1) is 8.26. The van der Waals surface area contributed by atoms with Gasteiger partial charge in [0.05, 0.1) is 6.61 Å². The molecule has 102 valence electrons. The van der Waals surface area contributed by atoms with Gasteiger partial charge in [-0.05, 0) is 38.1 Å². The van der Waals surface area contributed by atoms with Crippen LogP contribution in [0.5, 0.6) is 0 Å². The SMILES string of the molecule is CCNC(CC)(CO)CCCOCCC1CC1. The molecule has 0 heterocycles. The van der Waals surface area contributed by atoms with Crippen LogP contribution >= 0.6 is 0 Å². The highest BCUT2D eigenvalue weighted by Crippen LogP contribution is 2.32. The van der Waals surface area contributed by atoms with Gasteiger partial charge >= 0.3 is 0 Å². The zero-order chi connectivity index (χ0) is 12.6. The molecule has 0 saturated heterocycles. The Morgan fingerprint density at radius 1 is 1.29 bits per heavy atom. The van der Waals surface area contributed by atoms with Gasteiger partial charge in [0.25, 0.3) is 0 Å². The van der Waals surface area contributed by atoms with Crippen molar-refractivity contribution in [2.24, 2.45) is 5.92 Å². The molecule has 0 aromatic carbocycles. The van der Waals surface area contributed by atoms with Crippen molar-refractivity contribution in [1.82, 2.24) is 5.32 Å². The minimum atomic E-state index is -0.0887. The van der Waals surface area contributed by atoms with Crippen LogP contribution in [0.2, 0.25) is 0 Å². The lowest BCUT2D eigenvalue weighted by Crippen LogP contribution is -2.48. The number of likely N-dealkylation sites (N-methyl/N-ethyl adjacent to an activating group) is 1. The fourth-order valence-corrected chi connectivity index (χ4v) is 2.28. The van der Waals surface area contributed by atoms with E-state index in [0.29, 0.717) is 0 Å². The number of aliphatic hydroxyl groups excluding tert-OH is 1. The Hall–Kier alpha value is -0.120. The van der Waals surface area contributed by atoms with Crippen molar-refractivity contribution in [2.75, 3.05) is 26.4 Å². The smallest absolute Gasteiger partial charge is 0.0613 e. The summed E-state index contributed by atoms with van der Waals surface area (Å²) >= 11 is 0. The van der Waals surface area contributed by atoms with E-state index in [1.165, 1.54) is 19.3 Å². The molecule has 3 nitrogen and oxygen atoms in total. The molecule has 1 atom stereocenters. The van der Waals surface area contributed by atoms with Crippen molar-refractivity contribution in [3.8, 4) is 0 Å². The molecule has 1 aliphatic carbocycles. The summed E-state index contributed by atoms with van der Waals surface area (Å²) in [4.78, 5) is 0. The summed E-state index contributed by atoms with van der Waals surface area (Å²) in [7, 11) is 0. The summed E-state index contributed by atoms with van der Waals surface area (Å²) in [6.45, 7) is 7.11. The van der Waals surface area contributed by atoms with Gasteiger partial charge in [-0.3, -0.25) is 0 Å². The van der Waals surface area contributed by atoms with Crippen LogP contribution in [0, 0.1) is 5.92 Å². The van der Waals surface area contributed by atoms with E-state index < -0.39 is 0 Å². The van der Waals surface area contributed by atoms with Crippen molar-refractivity contribution in [3.63, 3.8) is 0 Å². The number of nitrogens with one attached hydrogen (secondary N) is 1. The fraction of sp³-hybridized carbons (Fsp3) is 1.00. The summed E-state index contributed by atoms with van der Waals surface area (Å²) in [5.74, 6) is 0.962. The Morgan fingerprint density at radius 2 is 2.06 bits per heavy atom. The first-order valence-electron chi connectivity index (χ1n) is 7.20. The minimum absolute atomic E-state index is 0.0887. The molecule has 0 aliphatic heterocycles. The zero-order valence-corrected chi connectivity index (χ0v) is 11.5. The summed E-state index contributed by atoms with van der Waals surface area (Å²) in [6, 6.07) is 0. The lowest BCUT2D eigenvalue weighted by molar-refractivity contribution is 0.100. The second-order valence-corrected chi connectivity index (χ2v) is 5.27. The molecule has 0 bridgehead atoms. The molecule has 1 rings (SSSR count). The lowest BCUT2D eigenvalue weighted by atomic mass is 9.91. The third-order valence-electron chi connectivity index (χ3n) is 3.84. The highest BCUT2D eigenvalue weighted by molar-refractivity contribution is 4.85. The van der Waals surface area contributed by atoms with E-state index in [4.69, 9.17) is 4.74 Å². The van der Waals surface area contributed by atoms with Gasteiger partial charge in [0.15, 0.2) is 0 Å². The molecule has 1 fully saturated rings. The molecule has 3 heteroatoms. The first-order valence-corrected chi connectivity index (χ1v) is 7.20. The monoisotopic (exact) mass is 243 g/mol. The van der Waals surface area contributed by atoms with Crippen LogP contribution in [-0.4, -0.2) is 37.0 Å². The van der Waals surface area contributed by atoms with E-state index in [-0.39, 0.29) is 12.1 Å². The van der Waals surface area contributed by atoms with Crippen LogP contribution in [0.4, 0.5) is 0 Å². The topological polar surface area (TPSA) is 41.5 Å². The molecule has 1 aliphatic rings. The maximum absolute atomic E-state index is 9.49. The molecule has 0 aromatic heterocycles. The summed E-state index contributed by atoms with van der Waals surface area (Å²) < 4.78 is 5.64. The average molecular weight is 243 g/mol. The normalized spacial score (nSPS) is 19.2. The highest BCUT2D eigenvalue weighted by atomic mass is 16.5. The van der Waals surface area contributed by atoms with Crippen molar-refractivity contribution < 1.29 is 9.84 Å². The maximum Gasteiger partial charge on any atom is 0.0613 e. The van der Waals surface area contributed by atoms with Gasteiger partial charge in [-0.1, -0.05) is 26.7 Å². The number of hydrogen-bond donors (Lipinski definition) is 2. The zero-order valence-electron chi connectivity index (χ0n) is 11.5. The third kappa shape index (κ3) is 5.84. The summed E-state index contributed by atoms with van der Waals surface area (Å²) in [6.07, 6.45) is 7.06. The number of ether oxygens (including phenoxy) is 1. The summed E-state index contributed by atoms with van der Waals surface area (Å²) in [5, 5.41) is 12.9. The quantitative estimate of drug-likeness (QED) is 0.547. The molecule has 17 heavy (non-hydrogen) atoms. The van der Waals surface area contributed by atoms with Crippen molar-refractivity contribution in [1.29, 1.82) is 0 Å². The lowest BCUT2D eigenvalue weighted by Gasteiger charge is -2.31.